The summed E-state index contributed by atoms with van der Waals surface area (Å²) in [5.41, 5.74) is 0. The summed E-state index contributed by atoms with van der Waals surface area (Å²) in [4.78, 5) is 2.60. The molecule has 0 bridgehead atoms. The lowest BCUT2D eigenvalue weighted by atomic mass is 10.3. The second-order valence-corrected chi connectivity index (χ2v) is 5.26. The molecule has 1 saturated carbocycles. The van der Waals surface area contributed by atoms with Gasteiger partial charge in [-0.2, -0.15) is 11.8 Å². The maximum absolute atomic E-state index is 3.56. The number of nitrogens with zero attached hydrogens (tertiary/aromatic N) is 1. The number of thioether (sulfide) groups is 1. The largest absolute Gasteiger partial charge is 0.314 e. The van der Waals surface area contributed by atoms with E-state index in [0.717, 1.165) is 6.04 Å². The number of nitrogens with one attached hydrogen (secondary N) is 1. The Morgan fingerprint density at radius 3 is 2.69 bits per heavy atom. The van der Waals surface area contributed by atoms with Crippen molar-refractivity contribution in [1.82, 2.24) is 10.2 Å². The zero-order chi connectivity index (χ0) is 8.93. The van der Waals surface area contributed by atoms with Crippen molar-refractivity contribution in [3.05, 3.63) is 0 Å². The number of hydrogen-bond donors (Lipinski definition) is 1. The summed E-state index contributed by atoms with van der Waals surface area (Å²) in [6.07, 6.45) is 4.17. The SMILES string of the molecule is C(CNC1CC1)CN1CCSCC1. The molecule has 1 aliphatic carbocycles. The van der Waals surface area contributed by atoms with Gasteiger partial charge in [0, 0.05) is 30.6 Å². The molecular formula is C10H20N2S. The Hall–Kier alpha value is 0.270. The smallest absolute Gasteiger partial charge is 0.00727 e. The first-order valence-electron chi connectivity index (χ1n) is 5.48. The normalized spacial score (nSPS) is 24.9. The van der Waals surface area contributed by atoms with Gasteiger partial charge in [-0.3, -0.25) is 0 Å². The zero-order valence-electron chi connectivity index (χ0n) is 8.30. The maximum Gasteiger partial charge on any atom is 0.00727 e. The molecule has 0 aromatic carbocycles. The topological polar surface area (TPSA) is 15.3 Å². The molecule has 0 radical (unpaired) electrons. The fourth-order valence-corrected chi connectivity index (χ4v) is 2.70. The van der Waals surface area contributed by atoms with E-state index in [1.165, 1.54) is 56.9 Å². The highest BCUT2D eigenvalue weighted by Crippen LogP contribution is 2.18. The highest BCUT2D eigenvalue weighted by molar-refractivity contribution is 7.99. The molecule has 0 atom stereocenters. The van der Waals surface area contributed by atoms with E-state index in [2.05, 4.69) is 22.0 Å². The van der Waals surface area contributed by atoms with Crippen LogP contribution in [0.5, 0.6) is 0 Å². The van der Waals surface area contributed by atoms with E-state index in [1.54, 1.807) is 0 Å². The molecule has 0 aromatic heterocycles. The molecule has 1 N–H and O–H groups in total. The highest BCUT2D eigenvalue weighted by Gasteiger charge is 2.19. The molecule has 0 unspecified atom stereocenters. The van der Waals surface area contributed by atoms with Crippen molar-refractivity contribution in [2.45, 2.75) is 25.3 Å². The Labute approximate surface area is 85.4 Å². The lowest BCUT2D eigenvalue weighted by Gasteiger charge is -2.25. The van der Waals surface area contributed by atoms with Crippen molar-refractivity contribution in [2.75, 3.05) is 37.7 Å². The molecule has 2 nitrogen and oxygen atoms in total. The van der Waals surface area contributed by atoms with Crippen LogP contribution in [-0.4, -0.2) is 48.6 Å². The lowest BCUT2D eigenvalue weighted by Crippen LogP contribution is -2.34. The first kappa shape index (κ1) is 9.81. The van der Waals surface area contributed by atoms with Crippen LogP contribution in [0.15, 0.2) is 0 Å². The van der Waals surface area contributed by atoms with E-state index < -0.39 is 0 Å². The molecule has 1 aliphatic heterocycles. The molecule has 2 fully saturated rings. The molecule has 13 heavy (non-hydrogen) atoms. The average molecular weight is 200 g/mol. The van der Waals surface area contributed by atoms with Gasteiger partial charge in [-0.25, -0.2) is 0 Å². The predicted molar refractivity (Wildman–Crippen MR) is 59.4 cm³/mol. The molecule has 0 spiro atoms. The van der Waals surface area contributed by atoms with Gasteiger partial charge < -0.3 is 10.2 Å². The molecule has 2 aliphatic rings. The molecule has 1 saturated heterocycles. The van der Waals surface area contributed by atoms with Crippen LogP contribution < -0.4 is 5.32 Å². The van der Waals surface area contributed by atoms with Crippen LogP contribution in [0.3, 0.4) is 0 Å². The molecule has 0 aromatic rings. The second-order valence-electron chi connectivity index (χ2n) is 4.04. The van der Waals surface area contributed by atoms with Crippen molar-refractivity contribution < 1.29 is 0 Å². The Morgan fingerprint density at radius 1 is 1.23 bits per heavy atom. The minimum Gasteiger partial charge on any atom is -0.314 e. The summed E-state index contributed by atoms with van der Waals surface area (Å²) in [5, 5.41) is 3.56. The summed E-state index contributed by atoms with van der Waals surface area (Å²) < 4.78 is 0. The third kappa shape index (κ3) is 3.88. The van der Waals surface area contributed by atoms with Crippen LogP contribution in [0.4, 0.5) is 0 Å². The zero-order valence-corrected chi connectivity index (χ0v) is 9.11. The molecule has 76 valence electrons. The van der Waals surface area contributed by atoms with Crippen molar-refractivity contribution >= 4 is 11.8 Å². The Balaban J connectivity index is 1.46. The van der Waals surface area contributed by atoms with Gasteiger partial charge in [0.2, 0.25) is 0 Å². The highest BCUT2D eigenvalue weighted by atomic mass is 32.2. The molecule has 3 heteroatoms. The van der Waals surface area contributed by atoms with Crippen molar-refractivity contribution in [1.29, 1.82) is 0 Å². The van der Waals surface area contributed by atoms with Gasteiger partial charge in [0.1, 0.15) is 0 Å². The van der Waals surface area contributed by atoms with Gasteiger partial charge in [0.15, 0.2) is 0 Å². The predicted octanol–water partition coefficient (Wildman–Crippen LogP) is 1.18. The van der Waals surface area contributed by atoms with Crippen LogP contribution in [-0.2, 0) is 0 Å². The van der Waals surface area contributed by atoms with Crippen molar-refractivity contribution in [3.63, 3.8) is 0 Å². The molecule has 1 heterocycles. The summed E-state index contributed by atoms with van der Waals surface area (Å²) in [7, 11) is 0. The quantitative estimate of drug-likeness (QED) is 0.671. The Bertz CT molecular complexity index is 142. The lowest BCUT2D eigenvalue weighted by molar-refractivity contribution is 0.296. The van der Waals surface area contributed by atoms with E-state index in [-0.39, 0.29) is 0 Å². The number of rotatable bonds is 5. The molecule has 2 rings (SSSR count). The van der Waals surface area contributed by atoms with E-state index in [0.29, 0.717) is 0 Å². The number of hydrogen-bond acceptors (Lipinski definition) is 3. The summed E-state index contributed by atoms with van der Waals surface area (Å²) in [6.45, 7) is 5.16. The summed E-state index contributed by atoms with van der Waals surface area (Å²) >= 11 is 2.10. The van der Waals surface area contributed by atoms with Crippen LogP contribution in [0.2, 0.25) is 0 Å². The van der Waals surface area contributed by atoms with E-state index in [4.69, 9.17) is 0 Å². The fourth-order valence-electron chi connectivity index (χ4n) is 1.72. The van der Waals surface area contributed by atoms with Gasteiger partial charge >= 0.3 is 0 Å². The summed E-state index contributed by atoms with van der Waals surface area (Å²) in [6, 6.07) is 0.886. The van der Waals surface area contributed by atoms with Gasteiger partial charge in [0.25, 0.3) is 0 Å². The van der Waals surface area contributed by atoms with Crippen LogP contribution in [0, 0.1) is 0 Å². The Kier molecular flexibility index (Phi) is 3.94. The average Bonchev–Trinajstić information content (AvgIpc) is 2.98. The molecule has 0 amide bonds. The second kappa shape index (κ2) is 5.23. The summed E-state index contributed by atoms with van der Waals surface area (Å²) in [5.74, 6) is 2.69. The van der Waals surface area contributed by atoms with Crippen LogP contribution in [0.1, 0.15) is 19.3 Å². The third-order valence-electron chi connectivity index (χ3n) is 2.77. The van der Waals surface area contributed by atoms with Gasteiger partial charge in [-0.15, -0.1) is 0 Å². The van der Waals surface area contributed by atoms with Crippen LogP contribution >= 0.6 is 11.8 Å². The standard InChI is InChI=1S/C10H20N2S/c1(4-11-10-2-3-10)5-12-6-8-13-9-7-12/h10-11H,1-9H2. The van der Waals surface area contributed by atoms with E-state index >= 15 is 0 Å². The first-order chi connectivity index (χ1) is 6.45. The van der Waals surface area contributed by atoms with Crippen molar-refractivity contribution in [2.24, 2.45) is 0 Å². The minimum absolute atomic E-state index is 0.886. The molecular weight excluding hydrogens is 180 g/mol. The van der Waals surface area contributed by atoms with Crippen LogP contribution in [0.25, 0.3) is 0 Å². The van der Waals surface area contributed by atoms with Crippen molar-refractivity contribution in [3.8, 4) is 0 Å². The first-order valence-corrected chi connectivity index (χ1v) is 6.64. The van der Waals surface area contributed by atoms with Gasteiger partial charge in [0.05, 0.1) is 0 Å². The van der Waals surface area contributed by atoms with Gasteiger partial charge in [-0.1, -0.05) is 0 Å². The fraction of sp³-hybridized carbons (Fsp3) is 1.00. The minimum atomic E-state index is 0.886. The van der Waals surface area contributed by atoms with E-state index in [1.807, 2.05) is 0 Å². The Morgan fingerprint density at radius 2 is 2.00 bits per heavy atom. The van der Waals surface area contributed by atoms with Gasteiger partial charge in [-0.05, 0) is 32.4 Å². The van der Waals surface area contributed by atoms with E-state index in [9.17, 15) is 0 Å². The maximum atomic E-state index is 3.56. The third-order valence-corrected chi connectivity index (χ3v) is 3.71. The monoisotopic (exact) mass is 200 g/mol.